The number of rotatable bonds is 3. The molecule has 3 rings (SSSR count). The van der Waals surface area contributed by atoms with Crippen molar-refractivity contribution < 1.29 is 13.2 Å². The number of nitrogens with two attached hydrogens (primary N) is 1. The van der Waals surface area contributed by atoms with Gasteiger partial charge in [-0.05, 0) is 55.5 Å². The van der Waals surface area contributed by atoms with E-state index in [1.807, 2.05) is 0 Å². The maximum atomic E-state index is 12.8. The van der Waals surface area contributed by atoms with E-state index in [4.69, 9.17) is 5.73 Å². The Hall–Kier alpha value is -1.15. The van der Waals surface area contributed by atoms with Crippen molar-refractivity contribution in [3.63, 3.8) is 0 Å². The van der Waals surface area contributed by atoms with Crippen LogP contribution in [0.3, 0.4) is 0 Å². The van der Waals surface area contributed by atoms with Crippen molar-refractivity contribution >= 4 is 34.0 Å². The lowest BCUT2D eigenvalue weighted by Gasteiger charge is -2.30. The molecular formula is C16H24ClN3O3S. The summed E-state index contributed by atoms with van der Waals surface area (Å²) >= 11 is 0. The highest BCUT2D eigenvalue weighted by Gasteiger charge is 2.31. The number of fused-ring (bicyclic) bond motifs is 1. The molecule has 1 fully saturated rings. The van der Waals surface area contributed by atoms with Crippen molar-refractivity contribution in [2.75, 3.05) is 31.1 Å². The van der Waals surface area contributed by atoms with Crippen LogP contribution in [-0.4, -0.2) is 44.8 Å². The van der Waals surface area contributed by atoms with Gasteiger partial charge in [0.2, 0.25) is 15.9 Å². The van der Waals surface area contributed by atoms with E-state index < -0.39 is 10.0 Å². The van der Waals surface area contributed by atoms with E-state index in [0.29, 0.717) is 43.4 Å². The van der Waals surface area contributed by atoms with Gasteiger partial charge in [0.05, 0.1) is 4.90 Å². The summed E-state index contributed by atoms with van der Waals surface area (Å²) in [7, 11) is -3.46. The molecule has 1 aromatic carbocycles. The molecule has 0 aliphatic carbocycles. The standard InChI is InChI=1S/C16H23N3O3S.ClH/c1-12(20)19-9-6-14-10-15(2-3-16(14)19)23(21,22)18-7-4-13(11-17)5-8-18;/h2-3,10,13H,4-9,11,17H2,1H3;1H. The van der Waals surface area contributed by atoms with Crippen molar-refractivity contribution in [1.82, 2.24) is 4.31 Å². The molecule has 0 bridgehead atoms. The van der Waals surface area contributed by atoms with E-state index in [9.17, 15) is 13.2 Å². The SMILES string of the molecule is CC(=O)N1CCc2cc(S(=O)(=O)N3CCC(CN)CC3)ccc21.Cl. The Bertz CT molecular complexity index is 715. The van der Waals surface area contributed by atoms with Gasteiger partial charge in [0.25, 0.3) is 0 Å². The minimum Gasteiger partial charge on any atom is -0.330 e. The molecule has 0 unspecified atom stereocenters. The average molecular weight is 374 g/mol. The smallest absolute Gasteiger partial charge is 0.243 e. The Kier molecular flexibility index (Phi) is 5.91. The normalized spacial score (nSPS) is 19.0. The molecule has 1 aromatic rings. The molecule has 134 valence electrons. The molecule has 2 aliphatic heterocycles. The second kappa shape index (κ2) is 7.39. The van der Waals surface area contributed by atoms with E-state index in [1.54, 1.807) is 27.4 Å². The summed E-state index contributed by atoms with van der Waals surface area (Å²) in [6.45, 7) is 3.83. The molecular weight excluding hydrogens is 350 g/mol. The van der Waals surface area contributed by atoms with Crippen LogP contribution in [0.4, 0.5) is 5.69 Å². The minimum atomic E-state index is -3.46. The third-order valence-electron chi connectivity index (χ3n) is 4.87. The summed E-state index contributed by atoms with van der Waals surface area (Å²) in [6.07, 6.45) is 2.34. The van der Waals surface area contributed by atoms with Crippen LogP contribution < -0.4 is 10.6 Å². The number of carbonyl (C=O) groups is 1. The van der Waals surface area contributed by atoms with Gasteiger partial charge in [0.15, 0.2) is 0 Å². The molecule has 0 saturated carbocycles. The molecule has 1 saturated heterocycles. The summed E-state index contributed by atoms with van der Waals surface area (Å²) in [5, 5.41) is 0. The predicted molar refractivity (Wildman–Crippen MR) is 96.0 cm³/mol. The van der Waals surface area contributed by atoms with Gasteiger partial charge in [-0.1, -0.05) is 0 Å². The highest BCUT2D eigenvalue weighted by molar-refractivity contribution is 7.89. The van der Waals surface area contributed by atoms with Gasteiger partial charge in [0, 0.05) is 32.2 Å². The lowest BCUT2D eigenvalue weighted by Crippen LogP contribution is -2.40. The molecule has 2 aliphatic rings. The number of carbonyl (C=O) groups excluding carboxylic acids is 1. The number of amides is 1. The zero-order valence-electron chi connectivity index (χ0n) is 13.8. The molecule has 2 N–H and O–H groups in total. The Morgan fingerprint density at radius 3 is 2.50 bits per heavy atom. The van der Waals surface area contributed by atoms with Crippen LogP contribution >= 0.6 is 12.4 Å². The second-order valence-electron chi connectivity index (χ2n) is 6.29. The summed E-state index contributed by atoms with van der Waals surface area (Å²) < 4.78 is 27.2. The van der Waals surface area contributed by atoms with E-state index in [1.165, 1.54) is 6.92 Å². The van der Waals surface area contributed by atoms with Crippen LogP contribution in [0.25, 0.3) is 0 Å². The lowest BCUT2D eigenvalue weighted by atomic mass is 9.99. The molecule has 1 amide bonds. The molecule has 0 spiro atoms. The quantitative estimate of drug-likeness (QED) is 0.867. The fraction of sp³-hybridized carbons (Fsp3) is 0.562. The first-order valence-corrected chi connectivity index (χ1v) is 9.48. The van der Waals surface area contributed by atoms with E-state index in [-0.39, 0.29) is 18.3 Å². The Labute approximate surface area is 149 Å². The fourth-order valence-electron chi connectivity index (χ4n) is 3.40. The molecule has 6 nitrogen and oxygen atoms in total. The number of anilines is 1. The number of hydrogen-bond donors (Lipinski definition) is 1. The van der Waals surface area contributed by atoms with E-state index in [2.05, 4.69) is 0 Å². The van der Waals surface area contributed by atoms with Crippen molar-refractivity contribution in [3.8, 4) is 0 Å². The van der Waals surface area contributed by atoms with Gasteiger partial charge in [0.1, 0.15) is 0 Å². The topological polar surface area (TPSA) is 83.7 Å². The predicted octanol–water partition coefficient (Wildman–Crippen LogP) is 1.38. The number of nitrogens with zero attached hydrogens (tertiary/aromatic N) is 2. The van der Waals surface area contributed by atoms with Crippen molar-refractivity contribution in [1.29, 1.82) is 0 Å². The summed E-state index contributed by atoms with van der Waals surface area (Å²) in [6, 6.07) is 5.09. The first kappa shape index (κ1) is 19.2. The van der Waals surface area contributed by atoms with Gasteiger partial charge in [-0.25, -0.2) is 8.42 Å². The highest BCUT2D eigenvalue weighted by atomic mass is 35.5. The van der Waals surface area contributed by atoms with Crippen LogP contribution in [0.15, 0.2) is 23.1 Å². The van der Waals surface area contributed by atoms with Crippen molar-refractivity contribution in [2.24, 2.45) is 11.7 Å². The Morgan fingerprint density at radius 1 is 1.25 bits per heavy atom. The van der Waals surface area contributed by atoms with Gasteiger partial charge >= 0.3 is 0 Å². The summed E-state index contributed by atoms with van der Waals surface area (Å²) in [5.41, 5.74) is 7.43. The first-order valence-electron chi connectivity index (χ1n) is 8.04. The van der Waals surface area contributed by atoms with Gasteiger partial charge in [-0.2, -0.15) is 4.31 Å². The molecule has 8 heteroatoms. The zero-order chi connectivity index (χ0) is 16.6. The minimum absolute atomic E-state index is 0. The molecule has 0 radical (unpaired) electrons. The maximum Gasteiger partial charge on any atom is 0.243 e. The Balaban J connectivity index is 0.00000208. The van der Waals surface area contributed by atoms with Crippen LogP contribution in [0.1, 0.15) is 25.3 Å². The van der Waals surface area contributed by atoms with Crippen molar-refractivity contribution in [2.45, 2.75) is 31.1 Å². The molecule has 0 atom stereocenters. The highest BCUT2D eigenvalue weighted by Crippen LogP contribution is 2.32. The van der Waals surface area contributed by atoms with E-state index in [0.717, 1.165) is 24.1 Å². The van der Waals surface area contributed by atoms with Crippen molar-refractivity contribution in [3.05, 3.63) is 23.8 Å². The Morgan fingerprint density at radius 2 is 1.92 bits per heavy atom. The number of sulfonamides is 1. The second-order valence-corrected chi connectivity index (χ2v) is 8.23. The monoisotopic (exact) mass is 373 g/mol. The number of halogens is 1. The number of hydrogen-bond acceptors (Lipinski definition) is 4. The van der Waals surface area contributed by atoms with Crippen LogP contribution in [0.5, 0.6) is 0 Å². The summed E-state index contributed by atoms with van der Waals surface area (Å²) in [4.78, 5) is 13.6. The lowest BCUT2D eigenvalue weighted by molar-refractivity contribution is -0.116. The van der Waals surface area contributed by atoms with E-state index >= 15 is 0 Å². The fourth-order valence-corrected chi connectivity index (χ4v) is 4.92. The van der Waals surface area contributed by atoms with Gasteiger partial charge in [-0.15, -0.1) is 12.4 Å². The third kappa shape index (κ3) is 3.44. The van der Waals surface area contributed by atoms with Crippen LogP contribution in [-0.2, 0) is 21.2 Å². The summed E-state index contributed by atoms with van der Waals surface area (Å²) in [5.74, 6) is 0.411. The average Bonchev–Trinajstić information content (AvgIpc) is 2.98. The number of piperidine rings is 1. The largest absolute Gasteiger partial charge is 0.330 e. The zero-order valence-corrected chi connectivity index (χ0v) is 15.4. The van der Waals surface area contributed by atoms with Gasteiger partial charge in [-0.3, -0.25) is 4.79 Å². The molecule has 2 heterocycles. The maximum absolute atomic E-state index is 12.8. The first-order chi connectivity index (χ1) is 10.9. The van der Waals surface area contributed by atoms with Crippen LogP contribution in [0.2, 0.25) is 0 Å². The van der Waals surface area contributed by atoms with Gasteiger partial charge < -0.3 is 10.6 Å². The third-order valence-corrected chi connectivity index (χ3v) is 6.77. The molecule has 24 heavy (non-hydrogen) atoms. The van der Waals surface area contributed by atoms with Crippen LogP contribution in [0, 0.1) is 5.92 Å². The molecule has 0 aromatic heterocycles. The number of benzene rings is 1.